The van der Waals surface area contributed by atoms with Gasteiger partial charge in [0.2, 0.25) is 6.29 Å². The fourth-order valence-corrected chi connectivity index (χ4v) is 4.52. The highest BCUT2D eigenvalue weighted by atomic mass is 16.7. The molecule has 2 unspecified atom stereocenters. The highest BCUT2D eigenvalue weighted by Crippen LogP contribution is 2.43. The van der Waals surface area contributed by atoms with Gasteiger partial charge in [0, 0.05) is 32.1 Å². The molecule has 3 heterocycles. The number of carbonyl (C=O) groups excluding carboxylic acids is 2. The zero-order valence-electron chi connectivity index (χ0n) is 18.6. The quantitative estimate of drug-likeness (QED) is 0.732. The molecule has 3 aliphatic rings. The van der Waals surface area contributed by atoms with E-state index < -0.39 is 5.60 Å². The van der Waals surface area contributed by atoms with Gasteiger partial charge in [0.25, 0.3) is 5.91 Å². The minimum atomic E-state index is -0.469. The van der Waals surface area contributed by atoms with Gasteiger partial charge in [-0.1, -0.05) is 0 Å². The van der Waals surface area contributed by atoms with Crippen molar-refractivity contribution in [3.63, 3.8) is 0 Å². The highest BCUT2D eigenvalue weighted by Gasteiger charge is 2.37. The van der Waals surface area contributed by atoms with E-state index in [0.29, 0.717) is 31.3 Å². The Bertz CT molecular complexity index is 839. The number of benzene rings is 1. The number of amides is 2. The lowest BCUT2D eigenvalue weighted by molar-refractivity contribution is 0.0177. The molecule has 0 radical (unpaired) electrons. The van der Waals surface area contributed by atoms with Crippen LogP contribution < -0.4 is 9.47 Å². The molecule has 30 heavy (non-hydrogen) atoms. The molecule has 1 saturated heterocycles. The molecule has 7 heteroatoms. The summed E-state index contributed by atoms with van der Waals surface area (Å²) in [5.74, 6) is 1.94. The molecule has 0 bridgehead atoms. The number of nitrogens with zero attached hydrogens (tertiary/aromatic N) is 2. The van der Waals surface area contributed by atoms with Gasteiger partial charge < -0.3 is 24.0 Å². The molecule has 3 aliphatic heterocycles. The van der Waals surface area contributed by atoms with E-state index in [0.717, 1.165) is 36.1 Å². The van der Waals surface area contributed by atoms with Crippen LogP contribution in [0.5, 0.6) is 11.5 Å². The van der Waals surface area contributed by atoms with E-state index in [4.69, 9.17) is 14.2 Å². The molecule has 2 atom stereocenters. The van der Waals surface area contributed by atoms with Crippen molar-refractivity contribution < 1.29 is 23.8 Å². The number of ether oxygens (including phenoxy) is 3. The van der Waals surface area contributed by atoms with E-state index >= 15 is 0 Å². The topological polar surface area (TPSA) is 68.3 Å². The number of fused-ring (bicyclic) bond motifs is 2. The largest absolute Gasteiger partial charge is 0.451 e. The summed E-state index contributed by atoms with van der Waals surface area (Å²) < 4.78 is 16.8. The van der Waals surface area contributed by atoms with Gasteiger partial charge in [-0.05, 0) is 70.6 Å². The van der Waals surface area contributed by atoms with Crippen LogP contribution >= 0.6 is 0 Å². The fourth-order valence-electron chi connectivity index (χ4n) is 4.52. The van der Waals surface area contributed by atoms with Crippen molar-refractivity contribution >= 4 is 12.0 Å². The second kappa shape index (κ2) is 7.67. The normalized spacial score (nSPS) is 23.7. The smallest absolute Gasteiger partial charge is 0.410 e. The lowest BCUT2D eigenvalue weighted by atomic mass is 9.93. The molecule has 1 fully saturated rings. The number of carbonyl (C=O) groups is 2. The summed E-state index contributed by atoms with van der Waals surface area (Å²) in [6.45, 7) is 11.7. The van der Waals surface area contributed by atoms with Crippen LogP contribution in [0.25, 0.3) is 0 Å². The van der Waals surface area contributed by atoms with Crippen molar-refractivity contribution in [2.24, 2.45) is 5.92 Å². The average Bonchev–Trinajstić information content (AvgIpc) is 3.14. The maximum atomic E-state index is 13.0. The predicted molar refractivity (Wildman–Crippen MR) is 112 cm³/mol. The Hall–Kier alpha value is -2.44. The van der Waals surface area contributed by atoms with Crippen LogP contribution in [0.3, 0.4) is 0 Å². The van der Waals surface area contributed by atoms with E-state index in [1.165, 1.54) is 0 Å². The molecule has 0 aromatic heterocycles. The molecule has 2 amide bonds. The maximum Gasteiger partial charge on any atom is 0.410 e. The van der Waals surface area contributed by atoms with Gasteiger partial charge in [0.1, 0.15) is 5.60 Å². The van der Waals surface area contributed by atoms with E-state index in [2.05, 4.69) is 6.92 Å². The first-order valence-electron chi connectivity index (χ1n) is 10.9. The molecule has 0 aliphatic carbocycles. The molecule has 1 aromatic rings. The van der Waals surface area contributed by atoms with Gasteiger partial charge in [-0.15, -0.1) is 0 Å². The minimum Gasteiger partial charge on any atom is -0.451 e. The summed E-state index contributed by atoms with van der Waals surface area (Å²) in [6.07, 6.45) is 2.28. The molecule has 7 nitrogen and oxygen atoms in total. The summed E-state index contributed by atoms with van der Waals surface area (Å²) in [7, 11) is 0. The lowest BCUT2D eigenvalue weighted by Gasteiger charge is -2.34. The third-order valence-corrected chi connectivity index (χ3v) is 6.16. The molecule has 0 spiro atoms. The molecule has 0 N–H and O–H groups in total. The lowest BCUT2D eigenvalue weighted by Crippen LogP contribution is -2.42. The summed E-state index contributed by atoms with van der Waals surface area (Å²) in [6, 6.07) is 3.81. The average molecular weight is 417 g/mol. The zero-order valence-corrected chi connectivity index (χ0v) is 18.6. The Labute approximate surface area is 178 Å². The number of hydrogen-bond donors (Lipinski definition) is 0. The van der Waals surface area contributed by atoms with Crippen molar-refractivity contribution in [2.75, 3.05) is 19.6 Å². The van der Waals surface area contributed by atoms with Crippen molar-refractivity contribution in [1.82, 2.24) is 9.80 Å². The fraction of sp³-hybridized carbons (Fsp3) is 0.652. The number of rotatable bonds is 3. The van der Waals surface area contributed by atoms with E-state index in [1.807, 2.05) is 44.7 Å². The Kier molecular flexibility index (Phi) is 5.32. The summed E-state index contributed by atoms with van der Waals surface area (Å²) in [5, 5.41) is 0. The number of piperidine rings is 1. The second-order valence-corrected chi connectivity index (χ2v) is 9.56. The van der Waals surface area contributed by atoms with Crippen LogP contribution in [0.15, 0.2) is 12.1 Å². The van der Waals surface area contributed by atoms with Gasteiger partial charge in [-0.25, -0.2) is 4.79 Å². The summed E-state index contributed by atoms with van der Waals surface area (Å²) >= 11 is 0. The van der Waals surface area contributed by atoms with Gasteiger partial charge in [0.05, 0.1) is 6.04 Å². The van der Waals surface area contributed by atoms with Gasteiger partial charge >= 0.3 is 6.09 Å². The van der Waals surface area contributed by atoms with Crippen molar-refractivity contribution in [2.45, 2.75) is 71.8 Å². The van der Waals surface area contributed by atoms with Crippen LogP contribution in [0, 0.1) is 5.92 Å². The first kappa shape index (κ1) is 20.8. The molecule has 164 valence electrons. The second-order valence-electron chi connectivity index (χ2n) is 9.56. The Balaban J connectivity index is 1.31. The van der Waals surface area contributed by atoms with Crippen LogP contribution in [0.1, 0.15) is 75.8 Å². The molecule has 1 aromatic carbocycles. The van der Waals surface area contributed by atoms with Crippen LogP contribution in [0.4, 0.5) is 4.79 Å². The Morgan fingerprint density at radius 1 is 1.13 bits per heavy atom. The van der Waals surface area contributed by atoms with Crippen molar-refractivity contribution in [3.05, 3.63) is 23.3 Å². The van der Waals surface area contributed by atoms with Gasteiger partial charge in [0.15, 0.2) is 11.5 Å². The standard InChI is InChI=1S/C23H32N2O5/c1-14-17-12-19-20(29-15(2)28-19)13-18(17)21(26)25(14)11-8-16-6-9-24(10-7-16)22(27)30-23(3,4)5/h12-16H,6-11H2,1-5H3. The maximum absolute atomic E-state index is 13.0. The zero-order chi connectivity index (χ0) is 21.6. The molecular weight excluding hydrogens is 384 g/mol. The Morgan fingerprint density at radius 3 is 2.40 bits per heavy atom. The summed E-state index contributed by atoms with van der Waals surface area (Å²) in [5.41, 5.74) is 1.26. The molecule has 4 rings (SSSR count). The minimum absolute atomic E-state index is 0.0270. The Morgan fingerprint density at radius 2 is 1.77 bits per heavy atom. The first-order chi connectivity index (χ1) is 14.1. The third-order valence-electron chi connectivity index (χ3n) is 6.16. The van der Waals surface area contributed by atoms with Crippen LogP contribution in [-0.2, 0) is 4.74 Å². The van der Waals surface area contributed by atoms with Crippen LogP contribution in [-0.4, -0.2) is 53.3 Å². The van der Waals surface area contributed by atoms with Crippen LogP contribution in [0.2, 0.25) is 0 Å². The van der Waals surface area contributed by atoms with E-state index in [1.54, 1.807) is 4.90 Å². The third kappa shape index (κ3) is 4.07. The van der Waals surface area contributed by atoms with E-state index in [-0.39, 0.29) is 24.3 Å². The molecular formula is C23H32N2O5. The summed E-state index contributed by atoms with van der Waals surface area (Å²) in [4.78, 5) is 29.0. The van der Waals surface area contributed by atoms with E-state index in [9.17, 15) is 9.59 Å². The number of hydrogen-bond acceptors (Lipinski definition) is 5. The first-order valence-corrected chi connectivity index (χ1v) is 10.9. The monoisotopic (exact) mass is 416 g/mol. The molecule has 0 saturated carbocycles. The van der Waals surface area contributed by atoms with Crippen molar-refractivity contribution in [1.29, 1.82) is 0 Å². The van der Waals surface area contributed by atoms with Gasteiger partial charge in [-0.3, -0.25) is 4.79 Å². The van der Waals surface area contributed by atoms with Gasteiger partial charge in [-0.2, -0.15) is 0 Å². The predicted octanol–water partition coefficient (Wildman–Crippen LogP) is 4.36. The SMILES string of the molecule is CC1Oc2cc3c(cc2O1)C(C)N(CCC1CCN(C(=O)OC(C)(C)C)CC1)C3=O. The highest BCUT2D eigenvalue weighted by molar-refractivity contribution is 6.00. The van der Waals surface area contributed by atoms with Crippen molar-refractivity contribution in [3.8, 4) is 11.5 Å². The number of likely N-dealkylation sites (tertiary alicyclic amines) is 1.